The van der Waals surface area contributed by atoms with Crippen molar-refractivity contribution in [2.24, 2.45) is 0 Å². The first kappa shape index (κ1) is 18.0. The molecular weight excluding hydrogens is 390 g/mol. The first-order valence-electron chi connectivity index (χ1n) is 8.11. The van der Waals surface area contributed by atoms with Crippen LogP contribution in [0, 0.1) is 0 Å². The van der Waals surface area contributed by atoms with Crippen molar-refractivity contribution in [2.45, 2.75) is 10.8 Å². The lowest BCUT2D eigenvalue weighted by atomic mass is 10.0. The maximum Gasteiger partial charge on any atom is 0.246 e. The van der Waals surface area contributed by atoms with Crippen LogP contribution in [0.5, 0.6) is 11.5 Å². The number of sulfonamides is 1. The highest BCUT2D eigenvalue weighted by Gasteiger charge is 2.41. The van der Waals surface area contributed by atoms with E-state index in [1.807, 2.05) is 16.8 Å². The SMILES string of the molecule is COc1ccc(OC)c(S(=O)(=O)N2CC(c3nc(-c4ccsc4)no3)C2)c1. The average molecular weight is 407 g/mol. The van der Waals surface area contributed by atoms with E-state index in [2.05, 4.69) is 10.1 Å². The fourth-order valence-corrected chi connectivity index (χ4v) is 5.16. The van der Waals surface area contributed by atoms with E-state index >= 15 is 0 Å². The minimum Gasteiger partial charge on any atom is -0.497 e. The summed E-state index contributed by atoms with van der Waals surface area (Å²) in [5, 5.41) is 7.84. The lowest BCUT2D eigenvalue weighted by Crippen LogP contribution is -2.48. The summed E-state index contributed by atoms with van der Waals surface area (Å²) in [7, 11) is -0.795. The molecule has 142 valence electrons. The second-order valence-electron chi connectivity index (χ2n) is 6.00. The summed E-state index contributed by atoms with van der Waals surface area (Å²) < 4.78 is 42.9. The average Bonchev–Trinajstić information content (AvgIpc) is 3.31. The Balaban J connectivity index is 1.52. The number of hydrogen-bond acceptors (Lipinski definition) is 8. The van der Waals surface area contributed by atoms with Crippen molar-refractivity contribution in [2.75, 3.05) is 27.3 Å². The molecule has 3 heterocycles. The van der Waals surface area contributed by atoms with Gasteiger partial charge in [0, 0.05) is 30.1 Å². The molecule has 1 aliphatic heterocycles. The number of benzene rings is 1. The van der Waals surface area contributed by atoms with Crippen molar-refractivity contribution >= 4 is 21.4 Å². The van der Waals surface area contributed by atoms with Gasteiger partial charge in [0.2, 0.25) is 21.7 Å². The van der Waals surface area contributed by atoms with Crippen LogP contribution in [-0.4, -0.2) is 50.2 Å². The van der Waals surface area contributed by atoms with Gasteiger partial charge in [0.05, 0.1) is 20.1 Å². The first-order chi connectivity index (χ1) is 13.0. The van der Waals surface area contributed by atoms with Crippen molar-refractivity contribution < 1.29 is 22.4 Å². The van der Waals surface area contributed by atoms with Crippen LogP contribution < -0.4 is 9.47 Å². The van der Waals surface area contributed by atoms with Crippen molar-refractivity contribution in [3.8, 4) is 22.9 Å². The molecule has 2 aromatic heterocycles. The van der Waals surface area contributed by atoms with Crippen molar-refractivity contribution in [1.29, 1.82) is 0 Å². The van der Waals surface area contributed by atoms with E-state index in [1.165, 1.54) is 24.6 Å². The minimum absolute atomic E-state index is 0.0762. The van der Waals surface area contributed by atoms with Crippen molar-refractivity contribution in [3.63, 3.8) is 0 Å². The summed E-state index contributed by atoms with van der Waals surface area (Å²) in [6.45, 7) is 0.544. The molecule has 0 aliphatic carbocycles. The second-order valence-corrected chi connectivity index (χ2v) is 8.69. The zero-order valence-electron chi connectivity index (χ0n) is 14.7. The topological polar surface area (TPSA) is 94.8 Å². The standard InChI is InChI=1S/C17H17N3O5S2/c1-23-13-3-4-14(24-2)15(7-13)27(21,22)20-8-12(9-20)17-18-16(19-25-17)11-5-6-26-10-11/h3-7,10,12H,8-9H2,1-2H3. The normalized spacial score (nSPS) is 15.5. The van der Waals surface area contributed by atoms with Gasteiger partial charge in [-0.15, -0.1) is 0 Å². The highest BCUT2D eigenvalue weighted by Crippen LogP contribution is 2.36. The smallest absolute Gasteiger partial charge is 0.246 e. The number of nitrogens with zero attached hydrogens (tertiary/aromatic N) is 3. The molecule has 10 heteroatoms. The molecule has 0 unspecified atom stereocenters. The largest absolute Gasteiger partial charge is 0.497 e. The van der Waals surface area contributed by atoms with Gasteiger partial charge in [-0.1, -0.05) is 5.16 Å². The highest BCUT2D eigenvalue weighted by molar-refractivity contribution is 7.89. The Kier molecular flexibility index (Phi) is 4.62. The van der Waals surface area contributed by atoms with Crippen LogP contribution in [0.3, 0.4) is 0 Å². The molecule has 1 aromatic carbocycles. The van der Waals surface area contributed by atoms with E-state index in [1.54, 1.807) is 23.5 Å². The number of methoxy groups -OCH3 is 2. The molecule has 1 aliphatic rings. The Hall–Kier alpha value is -2.43. The molecule has 0 N–H and O–H groups in total. The summed E-state index contributed by atoms with van der Waals surface area (Å²) in [6.07, 6.45) is 0. The maximum atomic E-state index is 13.0. The molecule has 0 bridgehead atoms. The van der Waals surface area contributed by atoms with Crippen LogP contribution in [0.4, 0.5) is 0 Å². The van der Waals surface area contributed by atoms with Gasteiger partial charge in [0.15, 0.2) is 0 Å². The third-order valence-electron chi connectivity index (χ3n) is 4.41. The lowest BCUT2D eigenvalue weighted by Gasteiger charge is -2.36. The number of thiophene rings is 1. The molecule has 27 heavy (non-hydrogen) atoms. The van der Waals surface area contributed by atoms with Crippen LogP contribution in [-0.2, 0) is 10.0 Å². The van der Waals surface area contributed by atoms with E-state index in [0.717, 1.165) is 5.56 Å². The van der Waals surface area contributed by atoms with Gasteiger partial charge < -0.3 is 14.0 Å². The van der Waals surface area contributed by atoms with E-state index < -0.39 is 10.0 Å². The van der Waals surface area contributed by atoms with E-state index in [0.29, 0.717) is 17.5 Å². The Morgan fingerprint density at radius 3 is 2.70 bits per heavy atom. The Morgan fingerprint density at radius 2 is 2.04 bits per heavy atom. The van der Waals surface area contributed by atoms with Gasteiger partial charge in [0.25, 0.3) is 0 Å². The van der Waals surface area contributed by atoms with Crippen molar-refractivity contribution in [1.82, 2.24) is 14.4 Å². The van der Waals surface area contributed by atoms with E-state index in [4.69, 9.17) is 14.0 Å². The number of aromatic nitrogens is 2. The van der Waals surface area contributed by atoms with Gasteiger partial charge >= 0.3 is 0 Å². The van der Waals surface area contributed by atoms with Gasteiger partial charge in [-0.2, -0.15) is 20.6 Å². The molecule has 0 atom stereocenters. The molecule has 1 fully saturated rings. The Labute approximate surface area is 160 Å². The zero-order valence-corrected chi connectivity index (χ0v) is 16.3. The third-order valence-corrected chi connectivity index (χ3v) is 6.94. The van der Waals surface area contributed by atoms with E-state index in [9.17, 15) is 8.42 Å². The molecule has 0 spiro atoms. The Morgan fingerprint density at radius 1 is 1.22 bits per heavy atom. The molecule has 1 saturated heterocycles. The highest BCUT2D eigenvalue weighted by atomic mass is 32.2. The van der Waals surface area contributed by atoms with Crippen LogP contribution in [0.25, 0.3) is 11.4 Å². The second kappa shape index (κ2) is 6.95. The first-order valence-corrected chi connectivity index (χ1v) is 10.5. The molecular formula is C17H17N3O5S2. The molecule has 4 rings (SSSR count). The fourth-order valence-electron chi connectivity index (χ4n) is 2.83. The maximum absolute atomic E-state index is 13.0. The predicted molar refractivity (Wildman–Crippen MR) is 98.7 cm³/mol. The number of hydrogen-bond donors (Lipinski definition) is 0. The summed E-state index contributed by atoms with van der Waals surface area (Å²) in [5.74, 6) is 1.55. The molecule has 3 aromatic rings. The number of rotatable bonds is 6. The molecule has 0 radical (unpaired) electrons. The van der Waals surface area contributed by atoms with Crippen LogP contribution in [0.1, 0.15) is 11.8 Å². The Bertz CT molecular complexity index is 1040. The van der Waals surface area contributed by atoms with Gasteiger partial charge in [-0.05, 0) is 23.6 Å². The quantitative estimate of drug-likeness (QED) is 0.620. The minimum atomic E-state index is -3.71. The summed E-state index contributed by atoms with van der Waals surface area (Å²) in [6, 6.07) is 6.60. The molecule has 0 saturated carbocycles. The van der Waals surface area contributed by atoms with E-state index in [-0.39, 0.29) is 29.7 Å². The van der Waals surface area contributed by atoms with Gasteiger partial charge in [-0.25, -0.2) is 8.42 Å². The third kappa shape index (κ3) is 3.20. The predicted octanol–water partition coefficient (Wildman–Crippen LogP) is 2.60. The fraction of sp³-hybridized carbons (Fsp3) is 0.294. The number of ether oxygens (including phenoxy) is 2. The van der Waals surface area contributed by atoms with Gasteiger partial charge in [-0.3, -0.25) is 0 Å². The molecule has 0 amide bonds. The lowest BCUT2D eigenvalue weighted by molar-refractivity contribution is 0.216. The van der Waals surface area contributed by atoms with Crippen molar-refractivity contribution in [3.05, 3.63) is 40.9 Å². The monoisotopic (exact) mass is 407 g/mol. The van der Waals surface area contributed by atoms with Crippen LogP contribution >= 0.6 is 11.3 Å². The van der Waals surface area contributed by atoms with Gasteiger partial charge in [0.1, 0.15) is 16.4 Å². The molecule has 8 nitrogen and oxygen atoms in total. The van der Waals surface area contributed by atoms with Crippen LogP contribution in [0.15, 0.2) is 44.4 Å². The summed E-state index contributed by atoms with van der Waals surface area (Å²) in [4.78, 5) is 4.46. The van der Waals surface area contributed by atoms with Crippen LogP contribution in [0.2, 0.25) is 0 Å². The zero-order chi connectivity index (χ0) is 19.0. The summed E-state index contributed by atoms with van der Waals surface area (Å²) in [5.41, 5.74) is 0.889. The summed E-state index contributed by atoms with van der Waals surface area (Å²) >= 11 is 1.55.